The monoisotopic (exact) mass is 369 g/mol. The predicted molar refractivity (Wildman–Crippen MR) is 108 cm³/mol. The third kappa shape index (κ3) is 8.37. The Kier molecular flexibility index (Phi) is 9.02. The molecular weight excluding hydrogens is 338 g/mol. The molecule has 0 amide bonds. The van der Waals surface area contributed by atoms with Crippen LogP contribution >= 0.6 is 0 Å². The highest BCUT2D eigenvalue weighted by Gasteiger charge is 2.23. The fourth-order valence-corrected chi connectivity index (χ4v) is 2.96. The molecule has 4 heteroatoms. The van der Waals surface area contributed by atoms with Crippen molar-refractivity contribution in [2.75, 3.05) is 13.1 Å². The molecular formula is C23H31NO3. The number of rotatable bonds is 11. The van der Waals surface area contributed by atoms with E-state index in [1.54, 1.807) is 0 Å². The fraction of sp³-hybridized carbons (Fsp3) is 0.435. The lowest BCUT2D eigenvalue weighted by Gasteiger charge is -2.23. The van der Waals surface area contributed by atoms with Gasteiger partial charge in [-0.1, -0.05) is 74.5 Å². The Morgan fingerprint density at radius 2 is 1.56 bits per heavy atom. The van der Waals surface area contributed by atoms with Crippen LogP contribution in [0.1, 0.15) is 31.4 Å². The van der Waals surface area contributed by atoms with Gasteiger partial charge in [0, 0.05) is 12.5 Å². The molecule has 0 aromatic heterocycles. The van der Waals surface area contributed by atoms with Gasteiger partial charge in [-0.2, -0.15) is 0 Å². The van der Waals surface area contributed by atoms with Gasteiger partial charge in [0.05, 0.1) is 12.5 Å². The first-order valence-corrected chi connectivity index (χ1v) is 9.67. The van der Waals surface area contributed by atoms with E-state index in [1.165, 1.54) is 0 Å². The van der Waals surface area contributed by atoms with Gasteiger partial charge in [0.1, 0.15) is 6.61 Å². The van der Waals surface area contributed by atoms with Crippen molar-refractivity contribution in [3.05, 3.63) is 71.8 Å². The lowest BCUT2D eigenvalue weighted by atomic mass is 9.91. The van der Waals surface area contributed by atoms with Crippen LogP contribution in [0.4, 0.5) is 0 Å². The van der Waals surface area contributed by atoms with Gasteiger partial charge in [-0.3, -0.25) is 4.79 Å². The number of ether oxygens (including phenoxy) is 1. The molecule has 2 aromatic rings. The first kappa shape index (κ1) is 21.1. The summed E-state index contributed by atoms with van der Waals surface area (Å²) in [6.07, 6.45) is 0.242. The summed E-state index contributed by atoms with van der Waals surface area (Å²) < 4.78 is 5.42. The van der Waals surface area contributed by atoms with E-state index in [-0.39, 0.29) is 24.9 Å². The molecule has 2 aromatic carbocycles. The molecule has 27 heavy (non-hydrogen) atoms. The maximum atomic E-state index is 12.3. The largest absolute Gasteiger partial charge is 0.461 e. The minimum atomic E-state index is -0.603. The number of benzene rings is 2. The van der Waals surface area contributed by atoms with Crippen LogP contribution in [0, 0.1) is 11.8 Å². The summed E-state index contributed by atoms with van der Waals surface area (Å²) in [6, 6.07) is 19.6. The van der Waals surface area contributed by atoms with Crippen LogP contribution in [0.3, 0.4) is 0 Å². The number of hydrogen-bond acceptors (Lipinski definition) is 4. The Bertz CT molecular complexity index is 658. The van der Waals surface area contributed by atoms with Crippen molar-refractivity contribution in [2.24, 2.45) is 11.8 Å². The summed E-state index contributed by atoms with van der Waals surface area (Å²) in [7, 11) is 0. The van der Waals surface area contributed by atoms with Crippen LogP contribution in [0.5, 0.6) is 0 Å². The number of carbonyl (C=O) groups is 1. The first-order valence-electron chi connectivity index (χ1n) is 9.67. The third-order valence-electron chi connectivity index (χ3n) is 4.46. The molecule has 0 saturated carbocycles. The van der Waals surface area contributed by atoms with Gasteiger partial charge in [-0.25, -0.2) is 0 Å². The average molecular weight is 370 g/mol. The van der Waals surface area contributed by atoms with Gasteiger partial charge in [-0.05, 0) is 30.0 Å². The molecule has 2 N–H and O–H groups in total. The van der Waals surface area contributed by atoms with E-state index in [2.05, 4.69) is 19.2 Å². The molecule has 0 radical (unpaired) electrons. The van der Waals surface area contributed by atoms with Crippen LogP contribution in [0.2, 0.25) is 0 Å². The summed E-state index contributed by atoms with van der Waals surface area (Å²) in [5, 5.41) is 13.9. The van der Waals surface area contributed by atoms with Crippen molar-refractivity contribution in [2.45, 2.75) is 39.4 Å². The summed E-state index contributed by atoms with van der Waals surface area (Å²) in [5.74, 6) is 0.0543. The van der Waals surface area contributed by atoms with Gasteiger partial charge < -0.3 is 15.2 Å². The smallest absolute Gasteiger partial charge is 0.306 e. The Hall–Kier alpha value is -2.17. The highest BCUT2D eigenvalue weighted by atomic mass is 16.5. The van der Waals surface area contributed by atoms with E-state index in [4.69, 9.17) is 4.74 Å². The lowest BCUT2D eigenvalue weighted by Crippen LogP contribution is -2.36. The van der Waals surface area contributed by atoms with E-state index in [1.807, 2.05) is 60.7 Å². The average Bonchev–Trinajstić information content (AvgIpc) is 2.67. The second-order valence-electron chi connectivity index (χ2n) is 7.42. The van der Waals surface area contributed by atoms with E-state index in [0.29, 0.717) is 18.9 Å². The standard InChI is InChI=1S/C23H31NO3/c1-18(2)15-24-16-22(25)21(13-19-9-5-3-6-10-19)14-23(26)27-17-20-11-7-4-8-12-20/h3-12,18,21-22,24-25H,13-17H2,1-2H3/t21-,22-/m1/s1. The molecule has 2 atom stereocenters. The molecule has 0 fully saturated rings. The normalized spacial score (nSPS) is 13.3. The van der Waals surface area contributed by atoms with Crippen molar-refractivity contribution in [1.29, 1.82) is 0 Å². The Morgan fingerprint density at radius 3 is 2.15 bits per heavy atom. The molecule has 2 rings (SSSR count). The zero-order valence-electron chi connectivity index (χ0n) is 16.3. The molecule has 146 valence electrons. The zero-order chi connectivity index (χ0) is 19.5. The fourth-order valence-electron chi connectivity index (χ4n) is 2.96. The van der Waals surface area contributed by atoms with Crippen LogP contribution in [-0.2, 0) is 22.6 Å². The topological polar surface area (TPSA) is 58.6 Å². The Morgan fingerprint density at radius 1 is 0.963 bits per heavy atom. The molecule has 0 heterocycles. The molecule has 0 bridgehead atoms. The van der Waals surface area contributed by atoms with E-state index in [9.17, 15) is 9.90 Å². The van der Waals surface area contributed by atoms with Gasteiger partial charge in [0.15, 0.2) is 0 Å². The van der Waals surface area contributed by atoms with Crippen molar-refractivity contribution in [1.82, 2.24) is 5.32 Å². The van der Waals surface area contributed by atoms with Crippen molar-refractivity contribution in [3.63, 3.8) is 0 Å². The molecule has 0 aliphatic heterocycles. The van der Waals surface area contributed by atoms with Crippen LogP contribution in [-0.4, -0.2) is 30.3 Å². The lowest BCUT2D eigenvalue weighted by molar-refractivity contribution is -0.147. The van der Waals surface area contributed by atoms with Gasteiger partial charge in [0.25, 0.3) is 0 Å². The number of esters is 1. The molecule has 0 aliphatic carbocycles. The highest BCUT2D eigenvalue weighted by Crippen LogP contribution is 2.18. The molecule has 0 unspecified atom stereocenters. The predicted octanol–water partition coefficient (Wildman–Crippen LogP) is 3.59. The second kappa shape index (κ2) is 11.5. The SMILES string of the molecule is CC(C)CNC[C@@H](O)[C@@H](CC(=O)OCc1ccccc1)Cc1ccccc1. The van der Waals surface area contributed by atoms with Crippen LogP contribution < -0.4 is 5.32 Å². The summed E-state index contributed by atoms with van der Waals surface area (Å²) >= 11 is 0. The first-order chi connectivity index (χ1) is 13.0. The molecule has 0 saturated heterocycles. The van der Waals surface area contributed by atoms with Gasteiger partial charge in [0.2, 0.25) is 0 Å². The number of aliphatic hydroxyl groups is 1. The van der Waals surface area contributed by atoms with Crippen LogP contribution in [0.25, 0.3) is 0 Å². The van der Waals surface area contributed by atoms with Crippen LogP contribution in [0.15, 0.2) is 60.7 Å². The number of carbonyl (C=O) groups excluding carboxylic acids is 1. The Labute approximate surface area is 162 Å². The quantitative estimate of drug-likeness (QED) is 0.595. The third-order valence-corrected chi connectivity index (χ3v) is 4.46. The summed E-state index contributed by atoms with van der Waals surface area (Å²) in [4.78, 5) is 12.3. The summed E-state index contributed by atoms with van der Waals surface area (Å²) in [6.45, 7) is 5.83. The Balaban J connectivity index is 1.92. The maximum Gasteiger partial charge on any atom is 0.306 e. The van der Waals surface area contributed by atoms with E-state index in [0.717, 1.165) is 17.7 Å². The van der Waals surface area contributed by atoms with E-state index >= 15 is 0 Å². The number of aliphatic hydroxyl groups excluding tert-OH is 1. The van der Waals surface area contributed by atoms with Gasteiger partial charge >= 0.3 is 5.97 Å². The zero-order valence-corrected chi connectivity index (χ0v) is 16.3. The maximum absolute atomic E-state index is 12.3. The second-order valence-corrected chi connectivity index (χ2v) is 7.42. The van der Waals surface area contributed by atoms with Crippen molar-refractivity contribution >= 4 is 5.97 Å². The van der Waals surface area contributed by atoms with Gasteiger partial charge in [-0.15, -0.1) is 0 Å². The summed E-state index contributed by atoms with van der Waals surface area (Å²) in [5.41, 5.74) is 2.07. The molecule has 4 nitrogen and oxygen atoms in total. The van der Waals surface area contributed by atoms with Crippen molar-refractivity contribution in [3.8, 4) is 0 Å². The molecule has 0 aliphatic rings. The number of nitrogens with one attached hydrogen (secondary N) is 1. The van der Waals surface area contributed by atoms with E-state index < -0.39 is 6.10 Å². The minimum Gasteiger partial charge on any atom is -0.461 e. The molecule has 0 spiro atoms. The minimum absolute atomic E-state index is 0.185. The number of hydrogen-bond donors (Lipinski definition) is 2. The highest BCUT2D eigenvalue weighted by molar-refractivity contribution is 5.69. The van der Waals surface area contributed by atoms with Crippen molar-refractivity contribution < 1.29 is 14.6 Å².